The Kier molecular flexibility index (Phi) is 9.97. The Labute approximate surface area is 223 Å². The second-order valence-corrected chi connectivity index (χ2v) is 11.0. The molecule has 206 valence electrons. The van der Waals surface area contributed by atoms with E-state index in [1.807, 2.05) is 32.0 Å². The topological polar surface area (TPSA) is 136 Å². The number of hydrogen-bond donors (Lipinski definition) is 3. The Bertz CT molecular complexity index is 1020. The molecule has 1 fully saturated rings. The van der Waals surface area contributed by atoms with E-state index >= 15 is 0 Å². The van der Waals surface area contributed by atoms with Crippen molar-refractivity contribution in [2.45, 2.75) is 57.5 Å². The summed E-state index contributed by atoms with van der Waals surface area (Å²) in [6.07, 6.45) is 5.51. The zero-order valence-electron chi connectivity index (χ0n) is 22.6. The van der Waals surface area contributed by atoms with Crippen molar-refractivity contribution in [1.29, 1.82) is 0 Å². The third kappa shape index (κ3) is 6.82. The van der Waals surface area contributed by atoms with E-state index in [0.29, 0.717) is 25.9 Å². The van der Waals surface area contributed by atoms with E-state index in [2.05, 4.69) is 11.2 Å². The molecule has 2 aliphatic rings. The number of esters is 1. The molecular weight excluding hydrogens is 494 g/mol. The van der Waals surface area contributed by atoms with Gasteiger partial charge in [0.15, 0.2) is 0 Å². The maximum Gasteiger partial charge on any atom is 0.349 e. The number of ether oxygens (including phenoxy) is 3. The summed E-state index contributed by atoms with van der Waals surface area (Å²) in [4.78, 5) is 15.4. The number of hydrazone groups is 1. The number of aliphatic hydroxyl groups is 1. The number of nitrogens with two attached hydrogens (primary N) is 2. The van der Waals surface area contributed by atoms with Crippen LogP contribution in [0.15, 0.2) is 27.9 Å². The first-order chi connectivity index (χ1) is 17.6. The molecule has 1 aliphatic heterocycles. The van der Waals surface area contributed by atoms with Gasteiger partial charge in [-0.25, -0.2) is 10.6 Å². The van der Waals surface area contributed by atoms with Crippen molar-refractivity contribution >= 4 is 22.9 Å². The summed E-state index contributed by atoms with van der Waals surface area (Å²) in [6.45, 7) is 3.11. The van der Waals surface area contributed by atoms with Gasteiger partial charge in [-0.15, -0.1) is 0 Å². The first kappa shape index (κ1) is 28.9. The third-order valence-electron chi connectivity index (χ3n) is 7.26. The highest BCUT2D eigenvalue weighted by Crippen LogP contribution is 2.47. The molecule has 1 aromatic carbocycles. The van der Waals surface area contributed by atoms with Crippen molar-refractivity contribution in [3.63, 3.8) is 0 Å². The predicted octanol–water partition coefficient (Wildman–Crippen LogP) is 3.29. The maximum atomic E-state index is 13.3. The van der Waals surface area contributed by atoms with Crippen LogP contribution in [-0.4, -0.2) is 73.2 Å². The average Bonchev–Trinajstić information content (AvgIpc) is 3.42. The molecule has 1 atom stereocenters. The molecule has 0 amide bonds. The van der Waals surface area contributed by atoms with E-state index in [0.717, 1.165) is 60.1 Å². The molecule has 1 aliphatic carbocycles. The number of amidine groups is 1. The minimum absolute atomic E-state index is 0.00631. The lowest BCUT2D eigenvalue weighted by atomic mass is 9.77. The highest BCUT2D eigenvalue weighted by Gasteiger charge is 2.48. The monoisotopic (exact) mass is 535 g/mol. The smallest absolute Gasteiger partial charge is 0.349 e. The fraction of sp³-hybridized carbons (Fsp3) is 0.615. The lowest BCUT2D eigenvalue weighted by Crippen LogP contribution is -2.46. The molecule has 37 heavy (non-hydrogen) atoms. The molecule has 0 saturated heterocycles. The van der Waals surface area contributed by atoms with Gasteiger partial charge in [0.05, 0.1) is 14.2 Å². The Morgan fingerprint density at radius 3 is 2.46 bits per heavy atom. The van der Waals surface area contributed by atoms with Crippen LogP contribution in [0.2, 0.25) is 0 Å². The largest absolute Gasteiger partial charge is 0.511 e. The van der Waals surface area contributed by atoms with Crippen LogP contribution in [0.4, 0.5) is 0 Å². The summed E-state index contributed by atoms with van der Waals surface area (Å²) in [5.41, 5.74) is 1.22. The van der Waals surface area contributed by atoms with E-state index in [1.165, 1.54) is 5.01 Å². The van der Waals surface area contributed by atoms with Crippen LogP contribution >= 0.6 is 11.8 Å². The van der Waals surface area contributed by atoms with Crippen LogP contribution in [0.3, 0.4) is 0 Å². The Hall–Kier alpha value is -2.63. The molecule has 5 N–H and O–H groups in total. The van der Waals surface area contributed by atoms with Crippen molar-refractivity contribution in [3.05, 3.63) is 33.9 Å². The number of nitrogens with zero attached hydrogens (tertiary/aromatic N) is 3. The van der Waals surface area contributed by atoms with Gasteiger partial charge in [-0.2, -0.15) is 5.10 Å². The molecule has 0 radical (unpaired) electrons. The summed E-state index contributed by atoms with van der Waals surface area (Å²) in [7, 11) is 7.13. The normalized spacial score (nSPS) is 20.9. The standard InChI is InChI=1S/C26H41N5O5S/c1-17-14-18(22(35-5)15-21(17)34-4)10-11-26(19-8-6-7-9-19)16-20(32)23(24(33)36-26)37-25(29-27)31(28)13-12-30(2)3/h14-15,19,32H,6-13,16,27-28H2,1-5H3/b29-25+. The van der Waals surface area contributed by atoms with Crippen LogP contribution in [-0.2, 0) is 16.0 Å². The average molecular weight is 536 g/mol. The number of cyclic esters (lactones) is 1. The van der Waals surface area contributed by atoms with Gasteiger partial charge in [0.1, 0.15) is 27.8 Å². The molecule has 0 bridgehead atoms. The van der Waals surface area contributed by atoms with Crippen LogP contribution in [0.5, 0.6) is 11.5 Å². The summed E-state index contributed by atoms with van der Waals surface area (Å²) < 4.78 is 17.3. The van der Waals surface area contributed by atoms with Gasteiger partial charge in [0.25, 0.3) is 0 Å². The van der Waals surface area contributed by atoms with Crippen molar-refractivity contribution in [3.8, 4) is 11.5 Å². The van der Waals surface area contributed by atoms with E-state index in [9.17, 15) is 9.90 Å². The van der Waals surface area contributed by atoms with Gasteiger partial charge < -0.3 is 30.1 Å². The van der Waals surface area contributed by atoms with Gasteiger partial charge in [0, 0.05) is 25.6 Å². The molecule has 1 aromatic rings. The number of carbonyl (C=O) groups excluding carboxylic acids is 1. The first-order valence-electron chi connectivity index (χ1n) is 12.6. The van der Waals surface area contributed by atoms with Crippen molar-refractivity contribution in [1.82, 2.24) is 9.91 Å². The SMILES string of the molecule is COc1cc(OC)c(CCC2(C3CCCC3)CC(O)=C(S/C(=N/N)N(N)CCN(C)C)C(=O)O2)cc1C. The highest BCUT2D eigenvalue weighted by molar-refractivity contribution is 8.17. The van der Waals surface area contributed by atoms with E-state index in [4.69, 9.17) is 25.9 Å². The molecule has 1 heterocycles. The summed E-state index contributed by atoms with van der Waals surface area (Å²) in [5, 5.41) is 16.5. The molecule has 0 aromatic heterocycles. The van der Waals surface area contributed by atoms with Gasteiger partial charge in [-0.3, -0.25) is 5.01 Å². The molecule has 1 unspecified atom stereocenters. The Morgan fingerprint density at radius 1 is 1.22 bits per heavy atom. The van der Waals surface area contributed by atoms with E-state index in [1.54, 1.807) is 14.2 Å². The second-order valence-electron chi connectivity index (χ2n) is 10.0. The number of likely N-dealkylation sites (N-methyl/N-ethyl adjacent to an activating group) is 1. The third-order valence-corrected chi connectivity index (χ3v) is 8.39. The van der Waals surface area contributed by atoms with E-state index < -0.39 is 11.6 Å². The van der Waals surface area contributed by atoms with Crippen molar-refractivity contribution in [2.24, 2.45) is 22.7 Å². The Morgan fingerprint density at radius 2 is 1.89 bits per heavy atom. The summed E-state index contributed by atoms with van der Waals surface area (Å²) in [5.74, 6) is 12.8. The number of methoxy groups -OCH3 is 2. The number of aryl methyl sites for hydroxylation is 2. The maximum absolute atomic E-state index is 13.3. The number of thioether (sulfide) groups is 1. The van der Waals surface area contributed by atoms with E-state index in [-0.39, 0.29) is 28.2 Å². The predicted molar refractivity (Wildman–Crippen MR) is 146 cm³/mol. The second kappa shape index (κ2) is 12.7. The fourth-order valence-corrected chi connectivity index (χ4v) is 5.97. The number of rotatable bonds is 10. The van der Waals surface area contributed by atoms with Gasteiger partial charge in [0.2, 0.25) is 5.17 Å². The first-order valence-corrected chi connectivity index (χ1v) is 13.5. The number of carbonyl (C=O) groups is 1. The van der Waals surface area contributed by atoms with Crippen LogP contribution in [0.1, 0.15) is 49.7 Å². The molecule has 0 spiro atoms. The van der Waals surface area contributed by atoms with Gasteiger partial charge in [-0.1, -0.05) is 12.8 Å². The fourth-order valence-electron chi connectivity index (χ4n) is 5.21. The summed E-state index contributed by atoms with van der Waals surface area (Å²) >= 11 is 0.940. The van der Waals surface area contributed by atoms with Crippen LogP contribution in [0.25, 0.3) is 0 Å². The lowest BCUT2D eigenvalue weighted by Gasteiger charge is -2.41. The minimum atomic E-state index is -0.798. The lowest BCUT2D eigenvalue weighted by molar-refractivity contribution is -0.166. The Balaban J connectivity index is 1.84. The zero-order valence-corrected chi connectivity index (χ0v) is 23.4. The number of aliphatic hydroxyl groups excluding tert-OH is 1. The van der Waals surface area contributed by atoms with Crippen molar-refractivity contribution in [2.75, 3.05) is 41.4 Å². The molecule has 11 heteroatoms. The molecular formula is C26H41N5O5S. The van der Waals surface area contributed by atoms with Gasteiger partial charge >= 0.3 is 5.97 Å². The highest BCUT2D eigenvalue weighted by atomic mass is 32.2. The van der Waals surface area contributed by atoms with Crippen molar-refractivity contribution < 1.29 is 24.1 Å². The van der Waals surface area contributed by atoms with Crippen LogP contribution < -0.4 is 21.2 Å². The number of benzene rings is 1. The quantitative estimate of drug-likeness (QED) is 0.135. The number of hydrazine groups is 1. The zero-order chi connectivity index (χ0) is 27.2. The molecule has 10 nitrogen and oxygen atoms in total. The van der Waals surface area contributed by atoms with Crippen LogP contribution in [0, 0.1) is 12.8 Å². The molecule has 1 saturated carbocycles. The summed E-state index contributed by atoms with van der Waals surface area (Å²) in [6, 6.07) is 3.93. The minimum Gasteiger partial charge on any atom is -0.511 e. The van der Waals surface area contributed by atoms with Gasteiger partial charge in [-0.05, 0) is 81.6 Å². The number of hydrogen-bond acceptors (Lipinski definition) is 10. The molecule has 3 rings (SSSR count).